The molecule has 1 N–H and O–H groups in total. The quantitative estimate of drug-likeness (QED) is 0.290. The van der Waals surface area contributed by atoms with Gasteiger partial charge in [0.05, 0.1) is 7.11 Å². The summed E-state index contributed by atoms with van der Waals surface area (Å²) < 4.78 is 11.8. The summed E-state index contributed by atoms with van der Waals surface area (Å²) in [5, 5.41) is 9.94. The van der Waals surface area contributed by atoms with Crippen molar-refractivity contribution in [3.8, 4) is 17.2 Å². The molecule has 0 saturated carbocycles. The Hall–Kier alpha value is -3.18. The van der Waals surface area contributed by atoms with Crippen molar-refractivity contribution < 1.29 is 14.6 Å². The van der Waals surface area contributed by atoms with Gasteiger partial charge in [-0.05, 0) is 118 Å². The number of nitrogens with zero attached hydrogens (tertiary/aromatic N) is 2. The molecule has 3 aromatic carbocycles. The molecule has 3 aromatic rings. The molecule has 5 rings (SSSR count). The number of methoxy groups -OCH3 is 1. The second-order valence-corrected chi connectivity index (χ2v) is 11.8. The van der Waals surface area contributed by atoms with Gasteiger partial charge in [0.2, 0.25) is 0 Å². The zero-order chi connectivity index (χ0) is 27.9. The maximum atomic E-state index is 9.94. The summed E-state index contributed by atoms with van der Waals surface area (Å²) in [6.07, 6.45) is 8.41. The van der Waals surface area contributed by atoms with Gasteiger partial charge in [0.15, 0.2) is 0 Å². The van der Waals surface area contributed by atoms with Crippen LogP contribution in [0, 0.1) is 0 Å². The van der Waals surface area contributed by atoms with Crippen LogP contribution < -0.4 is 14.4 Å². The summed E-state index contributed by atoms with van der Waals surface area (Å²) in [5.74, 6) is 2.63. The second kappa shape index (κ2) is 13.5. The van der Waals surface area contributed by atoms with E-state index in [0.717, 1.165) is 50.5 Å². The standard InChI is InChI=1S/C35H46N2O3/c1-26(2)37(25-27-8-14-32(15-9-27)40-21-20-36-18-6-4-5-7-19-36)35-24-33(39-3)16-17-34(35)30-11-10-29-23-31(38)13-12-28(29)22-30/h8-9,12-17,23-24,26,30,38H,4-7,10-11,18-22,25H2,1-3H3. The minimum absolute atomic E-state index is 0.322. The number of ether oxygens (including phenoxy) is 2. The molecule has 1 heterocycles. The molecule has 214 valence electrons. The molecule has 5 heteroatoms. The van der Waals surface area contributed by atoms with Gasteiger partial charge in [-0.25, -0.2) is 0 Å². The van der Waals surface area contributed by atoms with Crippen LogP contribution >= 0.6 is 0 Å². The second-order valence-electron chi connectivity index (χ2n) is 11.8. The highest BCUT2D eigenvalue weighted by Crippen LogP contribution is 2.40. The highest BCUT2D eigenvalue weighted by atomic mass is 16.5. The van der Waals surface area contributed by atoms with Gasteiger partial charge in [0.1, 0.15) is 23.9 Å². The number of benzene rings is 3. The lowest BCUT2D eigenvalue weighted by Gasteiger charge is -2.35. The van der Waals surface area contributed by atoms with E-state index >= 15 is 0 Å². The summed E-state index contributed by atoms with van der Waals surface area (Å²) in [4.78, 5) is 5.04. The summed E-state index contributed by atoms with van der Waals surface area (Å²) in [6, 6.07) is 21.4. The van der Waals surface area contributed by atoms with Gasteiger partial charge in [-0.2, -0.15) is 0 Å². The Balaban J connectivity index is 1.29. The van der Waals surface area contributed by atoms with Crippen molar-refractivity contribution in [1.29, 1.82) is 0 Å². The Bertz CT molecular complexity index is 1230. The highest BCUT2D eigenvalue weighted by molar-refractivity contribution is 5.60. The fourth-order valence-corrected chi connectivity index (χ4v) is 6.34. The lowest BCUT2D eigenvalue weighted by atomic mass is 9.79. The predicted octanol–water partition coefficient (Wildman–Crippen LogP) is 7.34. The topological polar surface area (TPSA) is 45.2 Å². The number of hydrogen-bond donors (Lipinski definition) is 1. The van der Waals surface area contributed by atoms with E-state index in [1.165, 1.54) is 66.7 Å². The molecule has 1 aliphatic heterocycles. The van der Waals surface area contributed by atoms with Crippen LogP contribution in [0.1, 0.15) is 74.1 Å². The maximum absolute atomic E-state index is 9.94. The van der Waals surface area contributed by atoms with Crippen molar-refractivity contribution in [2.45, 2.75) is 77.3 Å². The minimum atomic E-state index is 0.322. The molecular formula is C35H46N2O3. The Morgan fingerprint density at radius 3 is 2.38 bits per heavy atom. The van der Waals surface area contributed by atoms with Gasteiger partial charge < -0.3 is 19.5 Å². The predicted molar refractivity (Wildman–Crippen MR) is 164 cm³/mol. The number of rotatable bonds is 10. The molecule has 0 spiro atoms. The van der Waals surface area contributed by atoms with Crippen molar-refractivity contribution in [3.05, 3.63) is 82.9 Å². The number of phenolic OH excluding ortho intramolecular Hbond substituents is 1. The molecule has 0 amide bonds. The fraction of sp³-hybridized carbons (Fsp3) is 0.486. The molecule has 0 radical (unpaired) electrons. The van der Waals surface area contributed by atoms with Crippen molar-refractivity contribution in [2.24, 2.45) is 0 Å². The van der Waals surface area contributed by atoms with Crippen LogP contribution in [-0.4, -0.2) is 49.4 Å². The Kier molecular flexibility index (Phi) is 9.53. The van der Waals surface area contributed by atoms with Gasteiger partial charge >= 0.3 is 0 Å². The van der Waals surface area contributed by atoms with Crippen molar-refractivity contribution in [3.63, 3.8) is 0 Å². The van der Waals surface area contributed by atoms with Gasteiger partial charge in [0.25, 0.3) is 0 Å². The van der Waals surface area contributed by atoms with E-state index in [1.54, 1.807) is 7.11 Å². The molecule has 40 heavy (non-hydrogen) atoms. The van der Waals surface area contributed by atoms with E-state index in [1.807, 2.05) is 12.1 Å². The zero-order valence-corrected chi connectivity index (χ0v) is 24.6. The normalized spacial score (nSPS) is 17.8. The molecule has 2 aliphatic rings. The van der Waals surface area contributed by atoms with E-state index in [0.29, 0.717) is 17.7 Å². The van der Waals surface area contributed by atoms with Gasteiger partial charge in [-0.1, -0.05) is 37.1 Å². The fourth-order valence-electron chi connectivity index (χ4n) is 6.34. The SMILES string of the molecule is COc1ccc(C2CCc3cc(O)ccc3C2)c(N(Cc2ccc(OCCN3CCCCCC3)cc2)C(C)C)c1. The number of anilines is 1. The third-order valence-electron chi connectivity index (χ3n) is 8.68. The first-order valence-corrected chi connectivity index (χ1v) is 15.2. The molecule has 1 saturated heterocycles. The molecule has 1 atom stereocenters. The summed E-state index contributed by atoms with van der Waals surface area (Å²) in [5.41, 5.74) is 6.52. The number of phenols is 1. The van der Waals surface area contributed by atoms with E-state index in [9.17, 15) is 5.11 Å². The lowest BCUT2D eigenvalue weighted by Crippen LogP contribution is -2.31. The molecule has 0 bridgehead atoms. The lowest BCUT2D eigenvalue weighted by molar-refractivity contribution is 0.214. The Morgan fingerprint density at radius 2 is 1.65 bits per heavy atom. The number of likely N-dealkylation sites (tertiary alicyclic amines) is 1. The third kappa shape index (κ3) is 7.11. The average molecular weight is 543 g/mol. The van der Waals surface area contributed by atoms with Crippen LogP contribution in [0.5, 0.6) is 17.2 Å². The van der Waals surface area contributed by atoms with Gasteiger partial charge in [-0.3, -0.25) is 4.90 Å². The van der Waals surface area contributed by atoms with Crippen LogP contribution in [-0.2, 0) is 19.4 Å². The number of aryl methyl sites for hydroxylation is 1. The number of aromatic hydroxyl groups is 1. The van der Waals surface area contributed by atoms with E-state index < -0.39 is 0 Å². The highest BCUT2D eigenvalue weighted by Gasteiger charge is 2.26. The maximum Gasteiger partial charge on any atom is 0.120 e. The molecule has 5 nitrogen and oxygen atoms in total. The van der Waals surface area contributed by atoms with Crippen LogP contribution in [0.4, 0.5) is 5.69 Å². The first kappa shape index (κ1) is 28.4. The molecular weight excluding hydrogens is 496 g/mol. The first-order chi connectivity index (χ1) is 19.5. The molecule has 0 aromatic heterocycles. The van der Waals surface area contributed by atoms with Gasteiger partial charge in [-0.15, -0.1) is 0 Å². The number of fused-ring (bicyclic) bond motifs is 1. The van der Waals surface area contributed by atoms with Crippen LogP contribution in [0.3, 0.4) is 0 Å². The Morgan fingerprint density at radius 1 is 0.900 bits per heavy atom. The molecule has 1 fully saturated rings. The van der Waals surface area contributed by atoms with Crippen LogP contribution in [0.25, 0.3) is 0 Å². The summed E-state index contributed by atoms with van der Waals surface area (Å²) >= 11 is 0. The van der Waals surface area contributed by atoms with E-state index in [2.05, 4.69) is 72.2 Å². The zero-order valence-electron chi connectivity index (χ0n) is 24.6. The first-order valence-electron chi connectivity index (χ1n) is 15.2. The van der Waals surface area contributed by atoms with E-state index in [-0.39, 0.29) is 0 Å². The average Bonchev–Trinajstić information content (AvgIpc) is 3.25. The van der Waals surface area contributed by atoms with E-state index in [4.69, 9.17) is 9.47 Å². The Labute approximate surface area is 240 Å². The summed E-state index contributed by atoms with van der Waals surface area (Å²) in [7, 11) is 1.74. The monoisotopic (exact) mass is 542 g/mol. The molecule has 1 unspecified atom stereocenters. The third-order valence-corrected chi connectivity index (χ3v) is 8.68. The van der Waals surface area contributed by atoms with Crippen molar-refractivity contribution >= 4 is 5.69 Å². The van der Waals surface area contributed by atoms with Crippen LogP contribution in [0.15, 0.2) is 60.7 Å². The number of hydrogen-bond acceptors (Lipinski definition) is 5. The van der Waals surface area contributed by atoms with Gasteiger partial charge in [0, 0.05) is 30.9 Å². The molecule has 1 aliphatic carbocycles. The van der Waals surface area contributed by atoms with Crippen molar-refractivity contribution in [1.82, 2.24) is 4.90 Å². The smallest absolute Gasteiger partial charge is 0.120 e. The van der Waals surface area contributed by atoms with Crippen LogP contribution in [0.2, 0.25) is 0 Å². The largest absolute Gasteiger partial charge is 0.508 e. The van der Waals surface area contributed by atoms with Crippen molar-refractivity contribution in [2.75, 3.05) is 38.3 Å². The minimum Gasteiger partial charge on any atom is -0.508 e. The summed E-state index contributed by atoms with van der Waals surface area (Å²) in [6.45, 7) is 9.52.